The number of unbranched alkanes of at least 4 members (excludes halogenated alkanes) is 2. The summed E-state index contributed by atoms with van der Waals surface area (Å²) in [5, 5.41) is 25.8. The van der Waals surface area contributed by atoms with Crippen LogP contribution in [0.4, 0.5) is 0 Å². The van der Waals surface area contributed by atoms with Crippen LogP contribution in [0.3, 0.4) is 0 Å². The van der Waals surface area contributed by atoms with E-state index in [1.807, 2.05) is 13.8 Å². The topological polar surface area (TPSA) is 240 Å². The number of carbonyl (C=O) groups excluding carboxylic acids is 3. The summed E-state index contributed by atoms with van der Waals surface area (Å²) in [6.45, 7) is 4.62. The van der Waals surface area contributed by atoms with Crippen molar-refractivity contribution >= 4 is 29.7 Å². The minimum Gasteiger partial charge on any atom is -0.481 e. The average molecular weight is 517 g/mol. The predicted octanol–water partition coefficient (Wildman–Crippen LogP) is -0.978. The van der Waals surface area contributed by atoms with E-state index in [0.29, 0.717) is 45.2 Å². The van der Waals surface area contributed by atoms with Gasteiger partial charge >= 0.3 is 11.9 Å². The van der Waals surface area contributed by atoms with Crippen molar-refractivity contribution in [2.45, 2.75) is 95.8 Å². The third kappa shape index (κ3) is 14.6. The molecule has 208 valence electrons. The third-order valence-electron chi connectivity index (χ3n) is 5.48. The molecule has 13 nitrogen and oxygen atoms in total. The lowest BCUT2D eigenvalue weighted by Gasteiger charge is -2.25. The molecule has 0 saturated heterocycles. The van der Waals surface area contributed by atoms with Crippen molar-refractivity contribution in [3.05, 3.63) is 0 Å². The van der Waals surface area contributed by atoms with Crippen LogP contribution in [0.5, 0.6) is 0 Å². The normalized spacial score (nSPS) is 14.4. The second kappa shape index (κ2) is 18.5. The van der Waals surface area contributed by atoms with E-state index in [9.17, 15) is 29.1 Å². The second-order valence-corrected chi connectivity index (χ2v) is 9.26. The van der Waals surface area contributed by atoms with Crippen LogP contribution in [0.15, 0.2) is 0 Å². The van der Waals surface area contributed by atoms with Crippen LogP contribution in [0.1, 0.15) is 71.6 Å². The van der Waals surface area contributed by atoms with Gasteiger partial charge in [-0.2, -0.15) is 0 Å². The van der Waals surface area contributed by atoms with Gasteiger partial charge in [0.2, 0.25) is 17.7 Å². The van der Waals surface area contributed by atoms with Gasteiger partial charge < -0.3 is 43.4 Å². The standard InChI is InChI=1S/C23H44N6O7/c1-14(2)13-15(26)20(32)27-16(7-3-5-11-24)21(33)28-17(8-4-6-12-25)22(34)29-18(23(35)36)9-10-19(30)31/h14-18H,3-13,24-26H2,1-2H3,(H,27,32)(H,28,33)(H,29,34)(H,30,31)(H,35,36). The number of nitrogens with two attached hydrogens (primary N) is 3. The first-order valence-corrected chi connectivity index (χ1v) is 12.4. The first kappa shape index (κ1) is 33.2. The Balaban J connectivity index is 5.53. The number of hydrogen-bond acceptors (Lipinski definition) is 8. The molecule has 4 unspecified atom stereocenters. The van der Waals surface area contributed by atoms with Crippen LogP contribution < -0.4 is 33.2 Å². The lowest BCUT2D eigenvalue weighted by Crippen LogP contribution is -2.57. The van der Waals surface area contributed by atoms with Gasteiger partial charge in [-0.1, -0.05) is 13.8 Å². The van der Waals surface area contributed by atoms with Crippen LogP contribution in [0.25, 0.3) is 0 Å². The molecule has 0 aliphatic heterocycles. The largest absolute Gasteiger partial charge is 0.481 e. The van der Waals surface area contributed by atoms with Gasteiger partial charge in [-0.15, -0.1) is 0 Å². The number of rotatable bonds is 20. The quantitative estimate of drug-likeness (QED) is 0.0919. The van der Waals surface area contributed by atoms with Crippen molar-refractivity contribution in [2.24, 2.45) is 23.1 Å². The molecule has 0 rings (SSSR count). The van der Waals surface area contributed by atoms with E-state index in [4.69, 9.17) is 22.3 Å². The highest BCUT2D eigenvalue weighted by atomic mass is 16.4. The molecular formula is C23H44N6O7. The fourth-order valence-electron chi connectivity index (χ4n) is 3.49. The van der Waals surface area contributed by atoms with Crippen LogP contribution in [-0.4, -0.2) is 77.1 Å². The SMILES string of the molecule is CC(C)CC(N)C(=O)NC(CCCCN)C(=O)NC(CCCCN)C(=O)NC(CCC(=O)O)C(=O)O. The number of carboxylic acids is 2. The van der Waals surface area contributed by atoms with Crippen molar-refractivity contribution in [3.63, 3.8) is 0 Å². The Morgan fingerprint density at radius 3 is 1.53 bits per heavy atom. The number of carbonyl (C=O) groups is 5. The zero-order valence-electron chi connectivity index (χ0n) is 21.3. The minimum atomic E-state index is -1.43. The first-order chi connectivity index (χ1) is 16.9. The van der Waals surface area contributed by atoms with E-state index in [-0.39, 0.29) is 25.2 Å². The average Bonchev–Trinajstić information content (AvgIpc) is 2.79. The van der Waals surface area contributed by atoms with Gasteiger partial charge in [0.05, 0.1) is 6.04 Å². The lowest BCUT2D eigenvalue weighted by atomic mass is 10.0. The Hall–Kier alpha value is -2.77. The highest BCUT2D eigenvalue weighted by Gasteiger charge is 2.30. The molecule has 11 N–H and O–H groups in total. The third-order valence-corrected chi connectivity index (χ3v) is 5.48. The zero-order chi connectivity index (χ0) is 27.7. The molecule has 0 aliphatic carbocycles. The molecule has 0 aromatic carbocycles. The molecule has 4 atom stereocenters. The van der Waals surface area contributed by atoms with Crippen LogP contribution in [0.2, 0.25) is 0 Å². The van der Waals surface area contributed by atoms with Crippen LogP contribution in [0, 0.1) is 5.92 Å². The summed E-state index contributed by atoms with van der Waals surface area (Å²) in [6.07, 6.45) is 2.34. The molecule has 0 aliphatic rings. The van der Waals surface area contributed by atoms with E-state index in [0.717, 1.165) is 0 Å². The number of nitrogens with one attached hydrogen (secondary N) is 3. The fourth-order valence-corrected chi connectivity index (χ4v) is 3.49. The Morgan fingerprint density at radius 1 is 0.694 bits per heavy atom. The molecule has 0 radical (unpaired) electrons. The van der Waals surface area contributed by atoms with Crippen LogP contribution in [-0.2, 0) is 24.0 Å². The summed E-state index contributed by atoms with van der Waals surface area (Å²) in [6, 6.07) is -4.30. The molecular weight excluding hydrogens is 472 g/mol. The van der Waals surface area contributed by atoms with Crippen LogP contribution >= 0.6 is 0 Å². The Morgan fingerprint density at radius 2 is 1.14 bits per heavy atom. The number of hydrogen-bond donors (Lipinski definition) is 8. The first-order valence-electron chi connectivity index (χ1n) is 12.4. The maximum atomic E-state index is 13.1. The van der Waals surface area contributed by atoms with Gasteiger partial charge in [-0.25, -0.2) is 4.79 Å². The van der Waals surface area contributed by atoms with E-state index in [2.05, 4.69) is 16.0 Å². The molecule has 0 bridgehead atoms. The number of amides is 3. The fraction of sp³-hybridized carbons (Fsp3) is 0.783. The molecule has 0 aromatic rings. The summed E-state index contributed by atoms with van der Waals surface area (Å²) >= 11 is 0. The Bertz CT molecular complexity index is 719. The molecule has 36 heavy (non-hydrogen) atoms. The smallest absolute Gasteiger partial charge is 0.326 e. The maximum Gasteiger partial charge on any atom is 0.326 e. The van der Waals surface area contributed by atoms with Gasteiger partial charge in [0.1, 0.15) is 18.1 Å². The zero-order valence-corrected chi connectivity index (χ0v) is 21.3. The van der Waals surface area contributed by atoms with Gasteiger partial charge in [0.25, 0.3) is 0 Å². The van der Waals surface area contributed by atoms with Gasteiger partial charge in [0, 0.05) is 6.42 Å². The van der Waals surface area contributed by atoms with E-state index in [1.165, 1.54) is 0 Å². The molecule has 0 fully saturated rings. The van der Waals surface area contributed by atoms with Crippen molar-refractivity contribution < 1.29 is 34.2 Å². The molecule has 0 saturated carbocycles. The molecule has 0 heterocycles. The van der Waals surface area contributed by atoms with Gasteiger partial charge in [-0.05, 0) is 70.4 Å². The number of aliphatic carboxylic acids is 2. The second-order valence-electron chi connectivity index (χ2n) is 9.26. The van der Waals surface area contributed by atoms with E-state index < -0.39 is 60.2 Å². The molecule has 3 amide bonds. The summed E-state index contributed by atoms with van der Waals surface area (Å²) in [5.74, 6) is -4.27. The highest BCUT2D eigenvalue weighted by Crippen LogP contribution is 2.08. The van der Waals surface area contributed by atoms with Crippen molar-refractivity contribution in [1.82, 2.24) is 16.0 Å². The molecule has 0 spiro atoms. The maximum absolute atomic E-state index is 13.1. The van der Waals surface area contributed by atoms with E-state index >= 15 is 0 Å². The van der Waals surface area contributed by atoms with E-state index in [1.54, 1.807) is 0 Å². The molecule has 13 heteroatoms. The monoisotopic (exact) mass is 516 g/mol. The molecule has 0 aromatic heterocycles. The minimum absolute atomic E-state index is 0.175. The lowest BCUT2D eigenvalue weighted by molar-refractivity contribution is -0.143. The highest BCUT2D eigenvalue weighted by molar-refractivity contribution is 5.94. The summed E-state index contributed by atoms with van der Waals surface area (Å²) < 4.78 is 0. The van der Waals surface area contributed by atoms with Crippen molar-refractivity contribution in [2.75, 3.05) is 13.1 Å². The van der Waals surface area contributed by atoms with Crippen molar-refractivity contribution in [3.8, 4) is 0 Å². The Kier molecular flexibility index (Phi) is 17.1. The van der Waals surface area contributed by atoms with Crippen molar-refractivity contribution in [1.29, 1.82) is 0 Å². The summed E-state index contributed by atoms with van der Waals surface area (Å²) in [4.78, 5) is 60.8. The summed E-state index contributed by atoms with van der Waals surface area (Å²) in [5.41, 5.74) is 17.0. The number of carboxylic acid groups (broad SMARTS) is 2. The summed E-state index contributed by atoms with van der Waals surface area (Å²) in [7, 11) is 0. The Labute approximate surface area is 212 Å². The predicted molar refractivity (Wildman–Crippen MR) is 134 cm³/mol. The van der Waals surface area contributed by atoms with Gasteiger partial charge in [0.15, 0.2) is 0 Å². The van der Waals surface area contributed by atoms with Gasteiger partial charge in [-0.3, -0.25) is 19.2 Å².